The Kier molecular flexibility index (Phi) is 5.74. The van der Waals surface area contributed by atoms with Crippen molar-refractivity contribution in [3.05, 3.63) is 0 Å². The second-order valence-electron chi connectivity index (χ2n) is 9.09. The molecule has 0 unspecified atom stereocenters. The molecule has 6 nitrogen and oxygen atoms in total. The smallest absolute Gasteiger partial charge is 0.227 e. The third-order valence-corrected chi connectivity index (χ3v) is 7.15. The summed E-state index contributed by atoms with van der Waals surface area (Å²) in [7, 11) is 1.98. The molecule has 0 aromatic carbocycles. The minimum atomic E-state index is -0.0152. The number of morpholine rings is 1. The Bertz CT molecular complexity index is 551. The van der Waals surface area contributed by atoms with Gasteiger partial charge in [-0.3, -0.25) is 14.5 Å². The first-order valence-electron chi connectivity index (χ1n) is 11.0. The standard InChI is InChI=1S/C21H35N3O3/c1-22(20(26)17-5-8-19(25)24(15-17)18-6-7-18)16-21(9-3-2-4-10-21)23-11-13-27-14-12-23/h17-18H,2-16H2,1H3/t17-/m1/s1. The van der Waals surface area contributed by atoms with E-state index in [0.717, 1.165) is 52.1 Å². The molecule has 2 saturated heterocycles. The van der Waals surface area contributed by atoms with E-state index in [1.165, 1.54) is 32.1 Å². The van der Waals surface area contributed by atoms with Gasteiger partial charge in [0.25, 0.3) is 0 Å². The molecular formula is C21H35N3O3. The Morgan fingerprint density at radius 1 is 1.15 bits per heavy atom. The van der Waals surface area contributed by atoms with Gasteiger partial charge in [-0.05, 0) is 32.1 Å². The molecule has 2 aliphatic carbocycles. The lowest BCUT2D eigenvalue weighted by Crippen LogP contribution is -2.60. The van der Waals surface area contributed by atoms with Crippen molar-refractivity contribution in [1.29, 1.82) is 0 Å². The molecule has 0 bridgehead atoms. The first-order chi connectivity index (χ1) is 13.1. The Morgan fingerprint density at radius 3 is 2.52 bits per heavy atom. The first kappa shape index (κ1) is 19.2. The lowest BCUT2D eigenvalue weighted by Gasteiger charge is -2.50. The molecule has 27 heavy (non-hydrogen) atoms. The van der Waals surface area contributed by atoms with Crippen LogP contribution in [-0.4, -0.2) is 84.5 Å². The van der Waals surface area contributed by atoms with E-state index < -0.39 is 0 Å². The Balaban J connectivity index is 1.41. The molecule has 152 valence electrons. The number of amides is 2. The molecule has 2 aliphatic heterocycles. The molecule has 4 rings (SSSR count). The summed E-state index contributed by atoms with van der Waals surface area (Å²) in [5.41, 5.74) is 0.118. The summed E-state index contributed by atoms with van der Waals surface area (Å²) in [5.74, 6) is 0.478. The summed E-state index contributed by atoms with van der Waals surface area (Å²) >= 11 is 0. The molecule has 0 aromatic heterocycles. The van der Waals surface area contributed by atoms with Crippen LogP contribution in [0.4, 0.5) is 0 Å². The SMILES string of the molecule is CN(CC1(N2CCOCC2)CCCCC1)C(=O)[C@@H]1CCC(=O)N(C2CC2)C1. The lowest BCUT2D eigenvalue weighted by molar-refractivity contribution is -0.144. The number of likely N-dealkylation sites (tertiary alicyclic amines) is 1. The summed E-state index contributed by atoms with van der Waals surface area (Å²) in [4.78, 5) is 32.0. The summed E-state index contributed by atoms with van der Waals surface area (Å²) < 4.78 is 5.57. The van der Waals surface area contributed by atoms with Gasteiger partial charge in [0.1, 0.15) is 0 Å². The summed E-state index contributed by atoms with van der Waals surface area (Å²) in [6.45, 7) is 5.03. The van der Waals surface area contributed by atoms with Crippen LogP contribution in [-0.2, 0) is 14.3 Å². The number of piperidine rings is 1. The highest BCUT2D eigenvalue weighted by Gasteiger charge is 2.43. The van der Waals surface area contributed by atoms with E-state index in [4.69, 9.17) is 4.74 Å². The van der Waals surface area contributed by atoms with E-state index in [1.54, 1.807) is 0 Å². The quantitative estimate of drug-likeness (QED) is 0.734. The zero-order valence-electron chi connectivity index (χ0n) is 16.8. The highest BCUT2D eigenvalue weighted by molar-refractivity contribution is 5.84. The number of hydrogen-bond acceptors (Lipinski definition) is 4. The Morgan fingerprint density at radius 2 is 1.85 bits per heavy atom. The van der Waals surface area contributed by atoms with Crippen LogP contribution in [0.5, 0.6) is 0 Å². The number of likely N-dealkylation sites (N-methyl/N-ethyl adjacent to an activating group) is 1. The topological polar surface area (TPSA) is 53.1 Å². The van der Waals surface area contributed by atoms with Gasteiger partial charge in [0.05, 0.1) is 19.1 Å². The molecule has 4 fully saturated rings. The van der Waals surface area contributed by atoms with Gasteiger partial charge in [0.15, 0.2) is 0 Å². The summed E-state index contributed by atoms with van der Waals surface area (Å²) in [5, 5.41) is 0. The second-order valence-corrected chi connectivity index (χ2v) is 9.09. The molecule has 0 aromatic rings. The number of ether oxygens (including phenoxy) is 1. The van der Waals surface area contributed by atoms with Crippen molar-refractivity contribution < 1.29 is 14.3 Å². The van der Waals surface area contributed by atoms with Crippen molar-refractivity contribution in [2.75, 3.05) is 46.4 Å². The normalized spacial score (nSPS) is 29.6. The molecule has 0 radical (unpaired) electrons. The number of rotatable bonds is 5. The van der Waals surface area contributed by atoms with Crippen molar-refractivity contribution in [2.45, 2.75) is 69.4 Å². The zero-order chi connectivity index (χ0) is 18.9. The molecule has 2 heterocycles. The predicted octanol–water partition coefficient (Wildman–Crippen LogP) is 1.88. The van der Waals surface area contributed by atoms with Crippen LogP contribution in [0.2, 0.25) is 0 Å². The lowest BCUT2D eigenvalue weighted by atomic mass is 9.79. The Hall–Kier alpha value is -1.14. The second kappa shape index (κ2) is 8.08. The van der Waals surface area contributed by atoms with Gasteiger partial charge in [-0.1, -0.05) is 19.3 Å². The van der Waals surface area contributed by atoms with Gasteiger partial charge in [-0.25, -0.2) is 0 Å². The van der Waals surface area contributed by atoms with Crippen LogP contribution in [0.15, 0.2) is 0 Å². The molecular weight excluding hydrogens is 342 g/mol. The zero-order valence-corrected chi connectivity index (χ0v) is 16.8. The monoisotopic (exact) mass is 377 g/mol. The average molecular weight is 378 g/mol. The summed E-state index contributed by atoms with van der Waals surface area (Å²) in [6, 6.07) is 0.413. The molecule has 4 aliphatic rings. The van der Waals surface area contributed by atoms with Crippen molar-refractivity contribution in [3.8, 4) is 0 Å². The minimum Gasteiger partial charge on any atom is -0.379 e. The van der Waals surface area contributed by atoms with E-state index >= 15 is 0 Å². The largest absolute Gasteiger partial charge is 0.379 e. The molecule has 1 atom stereocenters. The average Bonchev–Trinajstić information content (AvgIpc) is 3.54. The van der Waals surface area contributed by atoms with E-state index in [1.807, 2.05) is 16.8 Å². The number of hydrogen-bond donors (Lipinski definition) is 0. The highest BCUT2D eigenvalue weighted by Crippen LogP contribution is 2.36. The third-order valence-electron chi connectivity index (χ3n) is 7.15. The fourth-order valence-electron chi connectivity index (χ4n) is 5.47. The minimum absolute atomic E-state index is 0.0152. The van der Waals surface area contributed by atoms with Gasteiger partial charge in [0.2, 0.25) is 11.8 Å². The molecule has 2 amide bonds. The summed E-state index contributed by atoms with van der Waals surface area (Å²) in [6.07, 6.45) is 9.67. The van der Waals surface area contributed by atoms with Crippen LogP contribution in [0.25, 0.3) is 0 Å². The van der Waals surface area contributed by atoms with Gasteiger partial charge in [-0.15, -0.1) is 0 Å². The maximum atomic E-state index is 13.2. The molecule has 0 N–H and O–H groups in total. The van der Waals surface area contributed by atoms with Crippen molar-refractivity contribution in [2.24, 2.45) is 5.92 Å². The molecule has 6 heteroatoms. The van der Waals surface area contributed by atoms with Crippen LogP contribution < -0.4 is 0 Å². The van der Waals surface area contributed by atoms with Crippen molar-refractivity contribution in [1.82, 2.24) is 14.7 Å². The van der Waals surface area contributed by atoms with Crippen molar-refractivity contribution in [3.63, 3.8) is 0 Å². The van der Waals surface area contributed by atoms with E-state index in [-0.39, 0.29) is 23.3 Å². The van der Waals surface area contributed by atoms with E-state index in [9.17, 15) is 9.59 Å². The number of nitrogens with zero attached hydrogens (tertiary/aromatic N) is 3. The molecule has 0 spiro atoms. The van der Waals surface area contributed by atoms with Gasteiger partial charge < -0.3 is 14.5 Å². The number of carbonyl (C=O) groups is 2. The van der Waals surface area contributed by atoms with Crippen molar-refractivity contribution >= 4 is 11.8 Å². The fraction of sp³-hybridized carbons (Fsp3) is 0.905. The van der Waals surface area contributed by atoms with Crippen LogP contribution in [0.1, 0.15) is 57.8 Å². The van der Waals surface area contributed by atoms with Gasteiger partial charge >= 0.3 is 0 Å². The molecule has 2 saturated carbocycles. The highest BCUT2D eigenvalue weighted by atomic mass is 16.5. The fourth-order valence-corrected chi connectivity index (χ4v) is 5.47. The van der Waals surface area contributed by atoms with Crippen LogP contribution in [0, 0.1) is 5.92 Å². The van der Waals surface area contributed by atoms with Gasteiger partial charge in [-0.2, -0.15) is 0 Å². The van der Waals surface area contributed by atoms with Crippen LogP contribution >= 0.6 is 0 Å². The first-order valence-corrected chi connectivity index (χ1v) is 11.0. The van der Waals surface area contributed by atoms with E-state index in [0.29, 0.717) is 19.0 Å². The maximum absolute atomic E-state index is 13.2. The Labute approximate surface area is 163 Å². The maximum Gasteiger partial charge on any atom is 0.227 e. The van der Waals surface area contributed by atoms with Crippen LogP contribution in [0.3, 0.4) is 0 Å². The third kappa shape index (κ3) is 4.16. The van der Waals surface area contributed by atoms with E-state index in [2.05, 4.69) is 4.90 Å². The predicted molar refractivity (Wildman–Crippen MR) is 103 cm³/mol. The van der Waals surface area contributed by atoms with Gasteiger partial charge in [0, 0.05) is 51.2 Å². The number of carbonyl (C=O) groups excluding carboxylic acids is 2.